The van der Waals surface area contributed by atoms with Gasteiger partial charge in [-0.3, -0.25) is 0 Å². The van der Waals surface area contributed by atoms with Crippen molar-refractivity contribution in [2.24, 2.45) is 0 Å². The van der Waals surface area contributed by atoms with Gasteiger partial charge >= 0.3 is 6.09 Å². The normalized spacial score (nSPS) is 14.1. The Morgan fingerprint density at radius 3 is 2.43 bits per heavy atom. The average Bonchev–Trinajstić information content (AvgIpc) is 2.00. The van der Waals surface area contributed by atoms with Gasteiger partial charge in [-0.1, -0.05) is 19.1 Å². The molecule has 14 heavy (non-hydrogen) atoms. The van der Waals surface area contributed by atoms with E-state index in [0.717, 1.165) is 6.42 Å². The van der Waals surface area contributed by atoms with Gasteiger partial charge in [0.05, 0.1) is 6.04 Å². The molecule has 0 spiro atoms. The molecule has 0 aromatic heterocycles. The van der Waals surface area contributed by atoms with Crippen molar-refractivity contribution in [3.63, 3.8) is 0 Å². The minimum Gasteiger partial charge on any atom is -0.444 e. The zero-order valence-corrected chi connectivity index (χ0v) is 9.76. The SMILES string of the molecule is CC=C[C@H](CC)NC(=O)OC(C)(C)C. The summed E-state index contributed by atoms with van der Waals surface area (Å²) in [6.07, 6.45) is 4.38. The molecule has 0 aliphatic heterocycles. The first-order valence-electron chi connectivity index (χ1n) is 5.01. The van der Waals surface area contributed by atoms with E-state index >= 15 is 0 Å². The second-order valence-corrected chi connectivity index (χ2v) is 4.19. The van der Waals surface area contributed by atoms with E-state index in [1.165, 1.54) is 0 Å². The Morgan fingerprint density at radius 1 is 1.50 bits per heavy atom. The molecule has 0 aromatic rings. The first kappa shape index (κ1) is 13.0. The van der Waals surface area contributed by atoms with Crippen LogP contribution in [0.5, 0.6) is 0 Å². The van der Waals surface area contributed by atoms with Crippen molar-refractivity contribution in [1.29, 1.82) is 0 Å². The molecular formula is C11H21NO2. The third-order valence-electron chi connectivity index (χ3n) is 1.57. The van der Waals surface area contributed by atoms with Crippen LogP contribution in [0, 0.1) is 0 Å². The molecule has 1 amide bonds. The van der Waals surface area contributed by atoms with Crippen LogP contribution in [0.1, 0.15) is 41.0 Å². The van der Waals surface area contributed by atoms with E-state index in [-0.39, 0.29) is 12.1 Å². The third-order valence-corrected chi connectivity index (χ3v) is 1.57. The number of allylic oxidation sites excluding steroid dienone is 1. The van der Waals surface area contributed by atoms with Gasteiger partial charge in [-0.05, 0) is 34.1 Å². The Balaban J connectivity index is 4.04. The fraction of sp³-hybridized carbons (Fsp3) is 0.727. The Morgan fingerprint density at radius 2 is 2.07 bits per heavy atom. The summed E-state index contributed by atoms with van der Waals surface area (Å²) >= 11 is 0. The zero-order chi connectivity index (χ0) is 11.2. The van der Waals surface area contributed by atoms with E-state index in [1.54, 1.807) is 0 Å². The van der Waals surface area contributed by atoms with Crippen LogP contribution in [0.15, 0.2) is 12.2 Å². The Kier molecular flexibility index (Phi) is 5.28. The molecule has 0 unspecified atom stereocenters. The number of nitrogens with one attached hydrogen (secondary N) is 1. The largest absolute Gasteiger partial charge is 0.444 e. The third kappa shape index (κ3) is 6.52. The van der Waals surface area contributed by atoms with Crippen molar-refractivity contribution < 1.29 is 9.53 Å². The Labute approximate surface area is 86.5 Å². The molecule has 1 N–H and O–H groups in total. The molecule has 82 valence electrons. The van der Waals surface area contributed by atoms with E-state index in [2.05, 4.69) is 5.32 Å². The summed E-state index contributed by atoms with van der Waals surface area (Å²) in [6, 6.07) is 0.0647. The Hall–Kier alpha value is -0.990. The van der Waals surface area contributed by atoms with Gasteiger partial charge in [0.25, 0.3) is 0 Å². The summed E-state index contributed by atoms with van der Waals surface area (Å²) in [4.78, 5) is 11.3. The fourth-order valence-electron chi connectivity index (χ4n) is 0.977. The number of rotatable bonds is 3. The zero-order valence-electron chi connectivity index (χ0n) is 9.76. The molecule has 0 aliphatic carbocycles. The van der Waals surface area contributed by atoms with Crippen LogP contribution in [-0.2, 0) is 4.74 Å². The highest BCUT2D eigenvalue weighted by molar-refractivity contribution is 5.68. The minimum atomic E-state index is -0.432. The van der Waals surface area contributed by atoms with Crippen LogP contribution in [0.2, 0.25) is 0 Å². The second kappa shape index (κ2) is 5.68. The van der Waals surface area contributed by atoms with E-state index in [0.29, 0.717) is 0 Å². The quantitative estimate of drug-likeness (QED) is 0.710. The number of hydrogen-bond acceptors (Lipinski definition) is 2. The first-order chi connectivity index (χ1) is 6.39. The van der Waals surface area contributed by atoms with Crippen LogP contribution in [-0.4, -0.2) is 17.7 Å². The number of amides is 1. The summed E-state index contributed by atoms with van der Waals surface area (Å²) in [5.41, 5.74) is -0.432. The van der Waals surface area contributed by atoms with Crippen molar-refractivity contribution in [2.45, 2.75) is 52.7 Å². The van der Waals surface area contributed by atoms with E-state index in [4.69, 9.17) is 4.74 Å². The lowest BCUT2D eigenvalue weighted by Crippen LogP contribution is -2.37. The van der Waals surface area contributed by atoms with E-state index in [9.17, 15) is 4.79 Å². The molecule has 0 radical (unpaired) electrons. The number of alkyl carbamates (subject to hydrolysis) is 1. The monoisotopic (exact) mass is 199 g/mol. The Bertz CT molecular complexity index is 204. The van der Waals surface area contributed by atoms with Crippen LogP contribution in [0.25, 0.3) is 0 Å². The maximum absolute atomic E-state index is 11.3. The average molecular weight is 199 g/mol. The van der Waals surface area contributed by atoms with Crippen molar-refractivity contribution in [3.8, 4) is 0 Å². The maximum atomic E-state index is 11.3. The molecule has 3 nitrogen and oxygen atoms in total. The highest BCUT2D eigenvalue weighted by Gasteiger charge is 2.17. The van der Waals surface area contributed by atoms with Crippen molar-refractivity contribution in [3.05, 3.63) is 12.2 Å². The molecule has 3 heteroatoms. The second-order valence-electron chi connectivity index (χ2n) is 4.19. The van der Waals surface area contributed by atoms with Gasteiger partial charge in [0, 0.05) is 0 Å². The molecule has 0 fully saturated rings. The molecule has 0 rings (SSSR count). The molecular weight excluding hydrogens is 178 g/mol. The minimum absolute atomic E-state index is 0.0647. The van der Waals surface area contributed by atoms with Gasteiger partial charge in [0.15, 0.2) is 0 Å². The number of carbonyl (C=O) groups excluding carboxylic acids is 1. The molecule has 1 atom stereocenters. The van der Waals surface area contributed by atoms with Crippen molar-refractivity contribution in [1.82, 2.24) is 5.32 Å². The molecule has 0 saturated carbocycles. The van der Waals surface area contributed by atoms with Crippen LogP contribution >= 0.6 is 0 Å². The van der Waals surface area contributed by atoms with Gasteiger partial charge in [-0.15, -0.1) is 0 Å². The highest BCUT2D eigenvalue weighted by Crippen LogP contribution is 2.07. The summed E-state index contributed by atoms with van der Waals surface area (Å²) in [7, 11) is 0. The first-order valence-corrected chi connectivity index (χ1v) is 5.01. The molecule has 0 aromatic carbocycles. The predicted molar refractivity (Wildman–Crippen MR) is 58.3 cm³/mol. The molecule has 0 aliphatic rings. The fourth-order valence-corrected chi connectivity index (χ4v) is 0.977. The van der Waals surface area contributed by atoms with Gasteiger partial charge in [0.1, 0.15) is 5.60 Å². The van der Waals surface area contributed by atoms with Crippen molar-refractivity contribution >= 4 is 6.09 Å². The van der Waals surface area contributed by atoms with Crippen LogP contribution in [0.4, 0.5) is 4.79 Å². The summed E-state index contributed by atoms with van der Waals surface area (Å²) < 4.78 is 5.13. The summed E-state index contributed by atoms with van der Waals surface area (Å²) in [5, 5.41) is 2.78. The van der Waals surface area contributed by atoms with Crippen LogP contribution in [0.3, 0.4) is 0 Å². The smallest absolute Gasteiger partial charge is 0.408 e. The van der Waals surface area contributed by atoms with Gasteiger partial charge in [0.2, 0.25) is 0 Å². The number of hydrogen-bond donors (Lipinski definition) is 1. The molecule has 0 bridgehead atoms. The van der Waals surface area contributed by atoms with Gasteiger partial charge in [-0.2, -0.15) is 0 Å². The lowest BCUT2D eigenvalue weighted by molar-refractivity contribution is 0.0513. The standard InChI is InChI=1S/C11H21NO2/c1-6-8-9(7-2)12-10(13)14-11(3,4)5/h6,8-9H,7H2,1-5H3,(H,12,13)/t9-/m0/s1. The van der Waals surface area contributed by atoms with Crippen LogP contribution < -0.4 is 5.32 Å². The van der Waals surface area contributed by atoms with E-state index in [1.807, 2.05) is 46.8 Å². The van der Waals surface area contributed by atoms with Gasteiger partial charge in [-0.25, -0.2) is 4.79 Å². The van der Waals surface area contributed by atoms with E-state index < -0.39 is 5.60 Å². The predicted octanol–water partition coefficient (Wildman–Crippen LogP) is 2.87. The lowest BCUT2D eigenvalue weighted by atomic mass is 10.2. The summed E-state index contributed by atoms with van der Waals surface area (Å²) in [5.74, 6) is 0. The highest BCUT2D eigenvalue weighted by atomic mass is 16.6. The number of carbonyl (C=O) groups is 1. The topological polar surface area (TPSA) is 38.3 Å². The molecule has 0 saturated heterocycles. The molecule has 0 heterocycles. The maximum Gasteiger partial charge on any atom is 0.408 e. The van der Waals surface area contributed by atoms with Crippen molar-refractivity contribution in [2.75, 3.05) is 0 Å². The van der Waals surface area contributed by atoms with Gasteiger partial charge < -0.3 is 10.1 Å². The lowest BCUT2D eigenvalue weighted by Gasteiger charge is -2.21. The number of ether oxygens (including phenoxy) is 1. The summed E-state index contributed by atoms with van der Waals surface area (Å²) in [6.45, 7) is 9.50.